The second kappa shape index (κ2) is 5.58. The van der Waals surface area contributed by atoms with E-state index in [2.05, 4.69) is 0 Å². The van der Waals surface area contributed by atoms with E-state index in [-0.39, 0.29) is 5.75 Å². The molecule has 6 nitrogen and oxygen atoms in total. The zero-order valence-electron chi connectivity index (χ0n) is 12.0. The van der Waals surface area contributed by atoms with Gasteiger partial charge in [-0.2, -0.15) is 13.0 Å². The van der Waals surface area contributed by atoms with Crippen LogP contribution in [0.1, 0.15) is 12.3 Å². The van der Waals surface area contributed by atoms with Crippen LogP contribution in [0.15, 0.2) is 45.4 Å². The summed E-state index contributed by atoms with van der Waals surface area (Å²) in [6.07, 6.45) is 1.92. The van der Waals surface area contributed by atoms with Crippen LogP contribution < -0.4 is 4.57 Å². The molecule has 1 aromatic carbocycles. The molecule has 22 heavy (non-hydrogen) atoms. The average Bonchev–Trinajstić information content (AvgIpc) is 3.06. The van der Waals surface area contributed by atoms with Crippen LogP contribution in [-0.2, 0) is 16.7 Å². The molecular weight excluding hydrogens is 306 g/mol. The molecule has 7 heteroatoms. The van der Waals surface area contributed by atoms with Crippen molar-refractivity contribution < 1.29 is 26.4 Å². The molecule has 0 atom stereocenters. The summed E-state index contributed by atoms with van der Waals surface area (Å²) in [5.41, 5.74) is 2.50. The second-order valence-corrected chi connectivity index (χ2v) is 6.64. The van der Waals surface area contributed by atoms with Gasteiger partial charge < -0.3 is 8.83 Å². The Kier molecular flexibility index (Phi) is 3.76. The van der Waals surface area contributed by atoms with Crippen LogP contribution in [0.25, 0.3) is 22.4 Å². The van der Waals surface area contributed by atoms with Gasteiger partial charge in [0.15, 0.2) is 6.54 Å². The van der Waals surface area contributed by atoms with E-state index in [4.69, 9.17) is 13.4 Å². The highest BCUT2D eigenvalue weighted by Crippen LogP contribution is 2.24. The number of oxazole rings is 1. The summed E-state index contributed by atoms with van der Waals surface area (Å²) >= 11 is 0. The van der Waals surface area contributed by atoms with Crippen molar-refractivity contribution >= 4 is 21.2 Å². The predicted molar refractivity (Wildman–Crippen MR) is 79.9 cm³/mol. The Balaban J connectivity index is 1.95. The van der Waals surface area contributed by atoms with E-state index in [1.54, 1.807) is 6.26 Å². The van der Waals surface area contributed by atoms with E-state index in [1.165, 1.54) is 0 Å². The lowest BCUT2D eigenvalue weighted by Crippen LogP contribution is -2.36. The molecule has 0 saturated carbocycles. The molecule has 0 radical (unpaired) electrons. The van der Waals surface area contributed by atoms with Crippen molar-refractivity contribution in [2.24, 2.45) is 0 Å². The first-order valence-corrected chi connectivity index (χ1v) is 8.47. The number of hydrogen-bond donors (Lipinski definition) is 1. The van der Waals surface area contributed by atoms with Crippen LogP contribution in [0.5, 0.6) is 0 Å². The van der Waals surface area contributed by atoms with Gasteiger partial charge in [0, 0.05) is 18.1 Å². The van der Waals surface area contributed by atoms with Gasteiger partial charge in [-0.15, -0.1) is 0 Å². The molecule has 0 aliphatic rings. The van der Waals surface area contributed by atoms with E-state index in [0.29, 0.717) is 18.9 Å². The minimum Gasteiger partial charge on any atom is -0.464 e. The standard InChI is InChI=1S/C15H15NO5S/c1-11-16(7-3-9-22(17,18)19)13-10-12(5-6-15(13)21-11)14-4-2-8-20-14/h2,4-6,8,10H,3,7,9H2,1H3/p+1. The van der Waals surface area contributed by atoms with Gasteiger partial charge in [-0.25, -0.2) is 0 Å². The van der Waals surface area contributed by atoms with E-state index < -0.39 is 10.1 Å². The quantitative estimate of drug-likeness (QED) is 0.576. The molecule has 3 rings (SSSR count). The minimum absolute atomic E-state index is 0.274. The molecule has 116 valence electrons. The Morgan fingerprint density at radius 3 is 2.77 bits per heavy atom. The third-order valence-corrected chi connectivity index (χ3v) is 4.28. The zero-order chi connectivity index (χ0) is 15.7. The van der Waals surface area contributed by atoms with E-state index in [1.807, 2.05) is 41.8 Å². The molecule has 0 fully saturated rings. The number of aromatic nitrogens is 1. The maximum absolute atomic E-state index is 10.8. The number of nitrogens with zero attached hydrogens (tertiary/aromatic N) is 1. The first-order chi connectivity index (χ1) is 10.4. The molecule has 1 N–H and O–H groups in total. The van der Waals surface area contributed by atoms with Crippen molar-refractivity contribution in [2.45, 2.75) is 19.9 Å². The summed E-state index contributed by atoms with van der Waals surface area (Å²) in [7, 11) is -3.95. The zero-order valence-corrected chi connectivity index (χ0v) is 12.8. The highest BCUT2D eigenvalue weighted by atomic mass is 32.2. The number of rotatable bonds is 5. The van der Waals surface area contributed by atoms with Crippen LogP contribution in [-0.4, -0.2) is 18.7 Å². The highest BCUT2D eigenvalue weighted by molar-refractivity contribution is 7.85. The summed E-state index contributed by atoms with van der Waals surface area (Å²) in [5.74, 6) is 1.16. The number of benzene rings is 1. The molecule has 0 spiro atoms. The fraction of sp³-hybridized carbons (Fsp3) is 0.267. The van der Waals surface area contributed by atoms with Crippen LogP contribution in [0, 0.1) is 6.92 Å². The van der Waals surface area contributed by atoms with Crippen LogP contribution >= 0.6 is 0 Å². The largest absolute Gasteiger partial charge is 0.464 e. The maximum atomic E-state index is 10.8. The van der Waals surface area contributed by atoms with Gasteiger partial charge in [0.25, 0.3) is 15.6 Å². The topological polar surface area (TPSA) is 84.5 Å². The van der Waals surface area contributed by atoms with Crippen LogP contribution in [0.3, 0.4) is 0 Å². The summed E-state index contributed by atoms with van der Waals surface area (Å²) in [6, 6.07) is 9.40. The molecule has 0 aliphatic carbocycles. The normalized spacial score (nSPS) is 12.1. The summed E-state index contributed by atoms with van der Waals surface area (Å²) in [6.45, 7) is 2.26. The third kappa shape index (κ3) is 3.05. The Morgan fingerprint density at radius 1 is 1.27 bits per heavy atom. The predicted octanol–water partition coefficient (Wildman–Crippen LogP) is 2.57. The van der Waals surface area contributed by atoms with Crippen molar-refractivity contribution in [3.05, 3.63) is 42.5 Å². The molecule has 2 heterocycles. The van der Waals surface area contributed by atoms with E-state index in [0.717, 1.165) is 22.4 Å². The first-order valence-electron chi connectivity index (χ1n) is 6.86. The lowest BCUT2D eigenvalue weighted by Gasteiger charge is -1.97. The van der Waals surface area contributed by atoms with E-state index in [9.17, 15) is 8.42 Å². The van der Waals surface area contributed by atoms with Gasteiger partial charge in [0.05, 0.1) is 18.9 Å². The lowest BCUT2D eigenvalue weighted by atomic mass is 10.1. The van der Waals surface area contributed by atoms with Gasteiger partial charge in [-0.3, -0.25) is 4.55 Å². The lowest BCUT2D eigenvalue weighted by molar-refractivity contribution is -0.682. The summed E-state index contributed by atoms with van der Waals surface area (Å²) in [4.78, 5) is 0. The van der Waals surface area contributed by atoms with E-state index >= 15 is 0 Å². The monoisotopic (exact) mass is 322 g/mol. The maximum Gasteiger partial charge on any atom is 0.344 e. The first kappa shape index (κ1) is 14.8. The molecule has 0 amide bonds. The fourth-order valence-electron chi connectivity index (χ4n) is 2.48. The molecular formula is C15H16NO5S+. The fourth-order valence-corrected chi connectivity index (χ4v) is 2.97. The van der Waals surface area contributed by atoms with Crippen molar-refractivity contribution in [1.82, 2.24) is 0 Å². The molecule has 0 unspecified atom stereocenters. The number of aryl methyl sites for hydroxylation is 2. The Labute approximate surface area is 127 Å². The van der Waals surface area contributed by atoms with Crippen LogP contribution in [0.4, 0.5) is 0 Å². The van der Waals surface area contributed by atoms with Gasteiger partial charge in [-0.05, 0) is 24.3 Å². The third-order valence-electron chi connectivity index (χ3n) is 3.48. The molecule has 3 aromatic rings. The smallest absolute Gasteiger partial charge is 0.344 e. The van der Waals surface area contributed by atoms with Crippen molar-refractivity contribution in [2.75, 3.05) is 5.75 Å². The van der Waals surface area contributed by atoms with Crippen molar-refractivity contribution in [1.29, 1.82) is 0 Å². The van der Waals surface area contributed by atoms with Crippen molar-refractivity contribution in [3.63, 3.8) is 0 Å². The van der Waals surface area contributed by atoms with Gasteiger partial charge in [-0.1, -0.05) is 0 Å². The molecule has 0 bridgehead atoms. The number of hydrogen-bond acceptors (Lipinski definition) is 4. The van der Waals surface area contributed by atoms with Crippen molar-refractivity contribution in [3.8, 4) is 11.3 Å². The number of fused-ring (bicyclic) bond motifs is 1. The Bertz CT molecular complexity index is 894. The minimum atomic E-state index is -3.95. The Hall–Kier alpha value is -2.12. The molecule has 0 aliphatic heterocycles. The molecule has 0 saturated heterocycles. The average molecular weight is 322 g/mol. The van der Waals surface area contributed by atoms with Gasteiger partial charge in [0.2, 0.25) is 5.58 Å². The summed E-state index contributed by atoms with van der Waals surface area (Å²) < 4.78 is 43.4. The number of furan rings is 1. The van der Waals surface area contributed by atoms with Gasteiger partial charge >= 0.3 is 5.89 Å². The Morgan fingerprint density at radius 2 is 2.09 bits per heavy atom. The summed E-state index contributed by atoms with van der Waals surface area (Å²) in [5, 5.41) is 0. The second-order valence-electron chi connectivity index (χ2n) is 5.07. The SMILES string of the molecule is Cc1oc2ccc(-c3ccco3)cc2[n+]1CCCS(=O)(=O)O. The van der Waals surface area contributed by atoms with Crippen LogP contribution in [0.2, 0.25) is 0 Å². The highest BCUT2D eigenvalue weighted by Gasteiger charge is 2.20. The van der Waals surface area contributed by atoms with Gasteiger partial charge in [0.1, 0.15) is 5.76 Å². The molecule has 2 aromatic heterocycles.